The summed E-state index contributed by atoms with van der Waals surface area (Å²) in [4.78, 5) is 29.5. The third-order valence-corrected chi connectivity index (χ3v) is 7.24. The van der Waals surface area contributed by atoms with Crippen LogP contribution in [0, 0.1) is 5.92 Å². The van der Waals surface area contributed by atoms with Crippen molar-refractivity contribution >= 4 is 17.5 Å². The first-order chi connectivity index (χ1) is 18.9. The number of carbonyl (C=O) groups is 2. The summed E-state index contributed by atoms with van der Waals surface area (Å²) >= 11 is 0. The van der Waals surface area contributed by atoms with Crippen LogP contribution < -0.4 is 10.6 Å². The van der Waals surface area contributed by atoms with Crippen LogP contribution in [0.2, 0.25) is 0 Å². The standard InChI is InChI=1S/C25H27F5N6O4/c26-24(27)6-3-13(4-7-24)20(35-23(39)16-11-32-40-21(16)14-1-2-14)17-12-36-18(33-17)9-15(10-31-36)22(38)34-19(37)5-8-25(28,29)30/h9-14,20,22,38H,1-8H2,(H,34,37)(H,35,39)/t20-,22+/m0/s1. The van der Waals surface area contributed by atoms with Crippen LogP contribution in [0.25, 0.3) is 5.65 Å². The van der Waals surface area contributed by atoms with Crippen molar-refractivity contribution in [2.45, 2.75) is 81.7 Å². The molecule has 0 unspecified atom stereocenters. The molecule has 15 heteroatoms. The van der Waals surface area contributed by atoms with Crippen LogP contribution in [0.4, 0.5) is 22.0 Å². The zero-order valence-electron chi connectivity index (χ0n) is 21.1. The van der Waals surface area contributed by atoms with E-state index in [1.54, 1.807) is 0 Å². The molecular weight excluding hydrogens is 543 g/mol. The van der Waals surface area contributed by atoms with E-state index < -0.39 is 49.0 Å². The number of rotatable bonds is 9. The number of aromatic nitrogens is 4. The molecule has 2 aliphatic carbocycles. The number of halogens is 5. The number of aliphatic hydroxyl groups is 1. The second-order valence-corrected chi connectivity index (χ2v) is 10.4. The molecule has 3 aromatic heterocycles. The summed E-state index contributed by atoms with van der Waals surface area (Å²) in [7, 11) is 0. The number of fused-ring (bicyclic) bond motifs is 1. The average molecular weight is 571 g/mol. The van der Waals surface area contributed by atoms with E-state index in [1.807, 2.05) is 0 Å². The van der Waals surface area contributed by atoms with Crippen LogP contribution in [0.1, 0.15) is 96.9 Å². The van der Waals surface area contributed by atoms with Crippen molar-refractivity contribution in [3.63, 3.8) is 0 Å². The van der Waals surface area contributed by atoms with Crippen LogP contribution in [-0.2, 0) is 4.79 Å². The number of amides is 2. The van der Waals surface area contributed by atoms with Crippen LogP contribution in [-0.4, -0.2) is 48.8 Å². The molecule has 0 aliphatic heterocycles. The minimum absolute atomic E-state index is 0.0708. The van der Waals surface area contributed by atoms with E-state index in [1.165, 1.54) is 29.2 Å². The molecule has 2 atom stereocenters. The van der Waals surface area contributed by atoms with E-state index in [0.717, 1.165) is 12.8 Å². The van der Waals surface area contributed by atoms with Crippen molar-refractivity contribution in [2.75, 3.05) is 0 Å². The number of nitrogens with zero attached hydrogens (tertiary/aromatic N) is 4. The summed E-state index contributed by atoms with van der Waals surface area (Å²) < 4.78 is 71.6. The summed E-state index contributed by atoms with van der Waals surface area (Å²) in [6.07, 6.45) is -2.87. The van der Waals surface area contributed by atoms with Crippen LogP contribution >= 0.6 is 0 Å². The van der Waals surface area contributed by atoms with Crippen molar-refractivity contribution in [3.05, 3.63) is 47.2 Å². The quantitative estimate of drug-likeness (QED) is 0.257. The molecule has 2 saturated carbocycles. The molecule has 0 bridgehead atoms. The Hall–Kier alpha value is -3.62. The summed E-state index contributed by atoms with van der Waals surface area (Å²) in [5.41, 5.74) is 0.908. The molecule has 0 aromatic carbocycles. The molecule has 0 spiro atoms. The van der Waals surface area contributed by atoms with Gasteiger partial charge in [-0.25, -0.2) is 18.3 Å². The molecule has 40 heavy (non-hydrogen) atoms. The monoisotopic (exact) mass is 570 g/mol. The van der Waals surface area contributed by atoms with Gasteiger partial charge in [-0.3, -0.25) is 9.59 Å². The van der Waals surface area contributed by atoms with E-state index in [2.05, 4.69) is 25.9 Å². The van der Waals surface area contributed by atoms with E-state index in [4.69, 9.17) is 4.52 Å². The smallest absolute Gasteiger partial charge is 0.369 e. The van der Waals surface area contributed by atoms with Crippen molar-refractivity contribution < 1.29 is 41.2 Å². The van der Waals surface area contributed by atoms with Crippen molar-refractivity contribution in [3.8, 4) is 0 Å². The molecule has 216 valence electrons. The first-order valence-corrected chi connectivity index (χ1v) is 12.9. The molecule has 10 nitrogen and oxygen atoms in total. The number of aliphatic hydroxyl groups excluding tert-OH is 1. The number of nitrogens with one attached hydrogen (secondary N) is 2. The summed E-state index contributed by atoms with van der Waals surface area (Å²) in [5.74, 6) is -3.99. The molecule has 2 amide bonds. The molecule has 3 aromatic rings. The normalized spacial score (nSPS) is 19.4. The zero-order chi connectivity index (χ0) is 28.7. The van der Waals surface area contributed by atoms with Crippen molar-refractivity contribution in [1.82, 2.24) is 30.4 Å². The first kappa shape index (κ1) is 27.9. The molecule has 3 heterocycles. The van der Waals surface area contributed by atoms with Gasteiger partial charge in [0.2, 0.25) is 11.8 Å². The largest absolute Gasteiger partial charge is 0.389 e. The molecular formula is C25H27F5N6O4. The highest BCUT2D eigenvalue weighted by molar-refractivity contribution is 5.95. The average Bonchev–Trinajstić information content (AvgIpc) is 3.45. The Balaban J connectivity index is 1.36. The molecule has 0 saturated heterocycles. The van der Waals surface area contributed by atoms with Crippen LogP contribution in [0.3, 0.4) is 0 Å². The Labute approximate surface area is 224 Å². The lowest BCUT2D eigenvalue weighted by atomic mass is 9.81. The summed E-state index contributed by atoms with van der Waals surface area (Å²) in [5, 5.41) is 23.2. The third kappa shape index (κ3) is 6.57. The lowest BCUT2D eigenvalue weighted by Crippen LogP contribution is -2.37. The topological polar surface area (TPSA) is 135 Å². The summed E-state index contributed by atoms with van der Waals surface area (Å²) in [6.45, 7) is 0. The maximum Gasteiger partial charge on any atom is 0.389 e. The van der Waals surface area contributed by atoms with Gasteiger partial charge >= 0.3 is 6.18 Å². The Kier molecular flexibility index (Phi) is 7.50. The maximum atomic E-state index is 13.9. The molecule has 0 radical (unpaired) electrons. The zero-order valence-corrected chi connectivity index (χ0v) is 21.1. The predicted molar refractivity (Wildman–Crippen MR) is 127 cm³/mol. The fourth-order valence-electron chi connectivity index (χ4n) is 4.88. The molecule has 3 N–H and O–H groups in total. The minimum Gasteiger partial charge on any atom is -0.369 e. The molecule has 5 rings (SSSR count). The number of carbonyl (C=O) groups excluding carboxylic acids is 2. The third-order valence-electron chi connectivity index (χ3n) is 7.24. The predicted octanol–water partition coefficient (Wildman–Crippen LogP) is 4.34. The van der Waals surface area contributed by atoms with Gasteiger partial charge in [-0.15, -0.1) is 0 Å². The van der Waals surface area contributed by atoms with Gasteiger partial charge in [-0.05, 0) is 37.7 Å². The van der Waals surface area contributed by atoms with E-state index in [0.29, 0.717) is 11.5 Å². The highest BCUT2D eigenvalue weighted by atomic mass is 19.4. The lowest BCUT2D eigenvalue weighted by molar-refractivity contribution is -0.145. The Morgan fingerprint density at radius 1 is 1.15 bits per heavy atom. The fraction of sp³-hybridized carbons (Fsp3) is 0.560. The lowest BCUT2D eigenvalue weighted by Gasteiger charge is -2.33. The second-order valence-electron chi connectivity index (χ2n) is 10.4. The van der Waals surface area contributed by atoms with E-state index in [-0.39, 0.29) is 54.3 Å². The van der Waals surface area contributed by atoms with Gasteiger partial charge in [0, 0.05) is 30.7 Å². The highest BCUT2D eigenvalue weighted by Gasteiger charge is 2.40. The second kappa shape index (κ2) is 10.7. The Morgan fingerprint density at radius 3 is 2.55 bits per heavy atom. The van der Waals surface area contributed by atoms with Gasteiger partial charge in [0.15, 0.2) is 17.6 Å². The van der Waals surface area contributed by atoms with Gasteiger partial charge in [0.1, 0.15) is 5.56 Å². The van der Waals surface area contributed by atoms with Gasteiger partial charge in [0.25, 0.3) is 5.91 Å². The van der Waals surface area contributed by atoms with E-state index in [9.17, 15) is 36.6 Å². The maximum absolute atomic E-state index is 13.9. The van der Waals surface area contributed by atoms with Crippen molar-refractivity contribution in [2.24, 2.45) is 5.92 Å². The van der Waals surface area contributed by atoms with Gasteiger partial charge in [0.05, 0.1) is 36.7 Å². The van der Waals surface area contributed by atoms with Gasteiger partial charge < -0.3 is 20.3 Å². The van der Waals surface area contributed by atoms with Gasteiger partial charge in [-0.1, -0.05) is 5.16 Å². The summed E-state index contributed by atoms with van der Waals surface area (Å²) in [6, 6.07) is 0.632. The highest BCUT2D eigenvalue weighted by Crippen LogP contribution is 2.43. The van der Waals surface area contributed by atoms with E-state index >= 15 is 0 Å². The number of alkyl halides is 5. The van der Waals surface area contributed by atoms with Gasteiger partial charge in [-0.2, -0.15) is 18.3 Å². The Morgan fingerprint density at radius 2 is 1.88 bits per heavy atom. The number of imidazole rings is 1. The Bertz CT molecular complexity index is 1380. The first-order valence-electron chi connectivity index (χ1n) is 12.9. The number of hydrogen-bond donors (Lipinski definition) is 3. The molecule has 2 fully saturated rings. The minimum atomic E-state index is -4.51. The SMILES string of the molecule is O=C(CCC(F)(F)F)N[C@H](O)c1cnn2cc([C@@H](NC(=O)c3cnoc3C3CC3)C3CCC(F)(F)CC3)nc2c1. The molecule has 2 aliphatic rings. The fourth-order valence-corrected chi connectivity index (χ4v) is 4.88. The van der Waals surface area contributed by atoms with Crippen LogP contribution in [0.15, 0.2) is 29.2 Å². The van der Waals surface area contributed by atoms with Crippen molar-refractivity contribution in [1.29, 1.82) is 0 Å². The van der Waals surface area contributed by atoms with Crippen LogP contribution in [0.5, 0.6) is 0 Å². The number of hydrogen-bond acceptors (Lipinski definition) is 7.